The predicted octanol–water partition coefficient (Wildman–Crippen LogP) is 5.08. The monoisotopic (exact) mass is 398 g/mol. The maximum absolute atomic E-state index is 6.32. The van der Waals surface area contributed by atoms with Crippen molar-refractivity contribution >= 4 is 44.8 Å². The van der Waals surface area contributed by atoms with Gasteiger partial charge in [-0.3, -0.25) is 4.90 Å². The van der Waals surface area contributed by atoms with E-state index in [1.807, 2.05) is 18.2 Å². The normalized spacial score (nSPS) is 16.0. The Bertz CT molecular complexity index is 655. The first-order valence-corrected chi connectivity index (χ1v) is 8.84. The number of hydrogen-bond donors (Lipinski definition) is 0. The van der Waals surface area contributed by atoms with Gasteiger partial charge in [-0.2, -0.15) is 0 Å². The van der Waals surface area contributed by atoms with Crippen molar-refractivity contribution in [3.8, 4) is 0 Å². The summed E-state index contributed by atoms with van der Waals surface area (Å²) in [5, 5.41) is 1.28. The van der Waals surface area contributed by atoms with Crippen molar-refractivity contribution in [2.75, 3.05) is 31.1 Å². The van der Waals surface area contributed by atoms with Crippen molar-refractivity contribution < 1.29 is 0 Å². The molecule has 1 heterocycles. The number of anilines is 1. The molecule has 0 bridgehead atoms. The number of nitrogens with zero attached hydrogens (tertiary/aromatic N) is 2. The van der Waals surface area contributed by atoms with Gasteiger partial charge in [0.15, 0.2) is 0 Å². The van der Waals surface area contributed by atoms with E-state index in [1.165, 1.54) is 5.56 Å². The van der Waals surface area contributed by atoms with Gasteiger partial charge in [-0.15, -0.1) is 0 Å². The molecule has 2 aromatic rings. The Morgan fingerprint density at radius 1 is 0.955 bits per heavy atom. The summed E-state index contributed by atoms with van der Waals surface area (Å²) in [7, 11) is 0. The molecule has 1 aliphatic heterocycles. The second-order valence-electron chi connectivity index (χ2n) is 5.47. The van der Waals surface area contributed by atoms with E-state index in [-0.39, 0.29) is 0 Å². The van der Waals surface area contributed by atoms with Crippen molar-refractivity contribution in [3.63, 3.8) is 0 Å². The molecule has 2 aromatic carbocycles. The molecule has 0 saturated carbocycles. The molecule has 2 nitrogen and oxygen atoms in total. The fourth-order valence-corrected chi connectivity index (χ4v) is 3.64. The zero-order valence-electron chi connectivity index (χ0n) is 12.1. The number of benzene rings is 2. The van der Waals surface area contributed by atoms with E-state index in [0.29, 0.717) is 10.0 Å². The van der Waals surface area contributed by atoms with Gasteiger partial charge in [0.2, 0.25) is 0 Å². The fourth-order valence-electron chi connectivity index (χ4n) is 2.78. The van der Waals surface area contributed by atoms with Crippen LogP contribution in [-0.2, 0) is 6.54 Å². The average Bonchev–Trinajstić information content (AvgIpc) is 2.51. The zero-order chi connectivity index (χ0) is 15.5. The van der Waals surface area contributed by atoms with Gasteiger partial charge in [-0.25, -0.2) is 0 Å². The van der Waals surface area contributed by atoms with Gasteiger partial charge >= 0.3 is 0 Å². The second kappa shape index (κ2) is 7.22. The molecule has 0 N–H and O–H groups in total. The molecule has 0 spiro atoms. The highest BCUT2D eigenvalue weighted by molar-refractivity contribution is 9.10. The van der Waals surface area contributed by atoms with Crippen LogP contribution in [0, 0.1) is 0 Å². The molecule has 0 amide bonds. The topological polar surface area (TPSA) is 6.48 Å². The van der Waals surface area contributed by atoms with E-state index in [1.54, 1.807) is 0 Å². The van der Waals surface area contributed by atoms with Crippen LogP contribution < -0.4 is 4.90 Å². The van der Waals surface area contributed by atoms with E-state index in [2.05, 4.69) is 50.0 Å². The Balaban J connectivity index is 1.62. The Labute approximate surface area is 149 Å². The lowest BCUT2D eigenvalue weighted by Gasteiger charge is -2.36. The van der Waals surface area contributed by atoms with Crippen LogP contribution in [0.15, 0.2) is 46.9 Å². The van der Waals surface area contributed by atoms with Crippen LogP contribution in [0.3, 0.4) is 0 Å². The summed E-state index contributed by atoms with van der Waals surface area (Å²) in [6.07, 6.45) is 0. The van der Waals surface area contributed by atoms with Gasteiger partial charge in [0, 0.05) is 37.2 Å². The van der Waals surface area contributed by atoms with Crippen LogP contribution in [0.4, 0.5) is 5.69 Å². The summed E-state index contributed by atoms with van der Waals surface area (Å²) < 4.78 is 1.13. The van der Waals surface area contributed by atoms with E-state index in [4.69, 9.17) is 23.2 Å². The van der Waals surface area contributed by atoms with Crippen LogP contribution >= 0.6 is 39.1 Å². The van der Waals surface area contributed by atoms with E-state index in [0.717, 1.165) is 42.9 Å². The van der Waals surface area contributed by atoms with Crippen LogP contribution in [-0.4, -0.2) is 31.1 Å². The molecule has 5 heteroatoms. The number of piperazine rings is 1. The average molecular weight is 400 g/mol. The second-order valence-corrected chi connectivity index (χ2v) is 7.17. The molecule has 116 valence electrons. The SMILES string of the molecule is Clc1cccc(N2CCN(Cc3cccc(Br)c3)CC2)c1Cl. The molecular formula is C17H17BrCl2N2. The minimum atomic E-state index is 0.621. The first-order valence-electron chi connectivity index (χ1n) is 7.29. The van der Waals surface area contributed by atoms with E-state index >= 15 is 0 Å². The lowest BCUT2D eigenvalue weighted by Crippen LogP contribution is -2.46. The van der Waals surface area contributed by atoms with Gasteiger partial charge in [-0.05, 0) is 29.8 Å². The summed E-state index contributed by atoms with van der Waals surface area (Å²) in [6, 6.07) is 14.3. The number of hydrogen-bond acceptors (Lipinski definition) is 2. The first kappa shape index (κ1) is 16.1. The van der Waals surface area contributed by atoms with Crippen molar-refractivity contribution in [2.45, 2.75) is 6.54 Å². The molecule has 0 radical (unpaired) electrons. The molecule has 0 atom stereocenters. The summed E-state index contributed by atoms with van der Waals surface area (Å²) >= 11 is 16.0. The molecule has 0 unspecified atom stereocenters. The van der Waals surface area contributed by atoms with Gasteiger partial charge in [0.05, 0.1) is 15.7 Å². The highest BCUT2D eigenvalue weighted by Crippen LogP contribution is 2.33. The lowest BCUT2D eigenvalue weighted by molar-refractivity contribution is 0.250. The fraction of sp³-hybridized carbons (Fsp3) is 0.294. The zero-order valence-corrected chi connectivity index (χ0v) is 15.2. The van der Waals surface area contributed by atoms with Crippen molar-refractivity contribution in [2.24, 2.45) is 0 Å². The Kier molecular flexibility index (Phi) is 5.29. The maximum Gasteiger partial charge on any atom is 0.0825 e. The third-order valence-corrected chi connectivity index (χ3v) is 5.24. The smallest absolute Gasteiger partial charge is 0.0825 e. The largest absolute Gasteiger partial charge is 0.368 e. The molecule has 0 aliphatic carbocycles. The Hall–Kier alpha value is -0.740. The molecule has 1 aliphatic rings. The minimum Gasteiger partial charge on any atom is -0.368 e. The third kappa shape index (κ3) is 3.77. The van der Waals surface area contributed by atoms with Gasteiger partial charge in [0.25, 0.3) is 0 Å². The van der Waals surface area contributed by atoms with Crippen LogP contribution in [0.2, 0.25) is 10.0 Å². The minimum absolute atomic E-state index is 0.621. The van der Waals surface area contributed by atoms with Crippen molar-refractivity contribution in [1.82, 2.24) is 4.90 Å². The highest BCUT2D eigenvalue weighted by Gasteiger charge is 2.19. The lowest BCUT2D eigenvalue weighted by atomic mass is 10.2. The number of halogens is 3. The molecule has 0 aromatic heterocycles. The van der Waals surface area contributed by atoms with Crippen LogP contribution in [0.1, 0.15) is 5.56 Å². The molecule has 1 fully saturated rings. The third-order valence-electron chi connectivity index (χ3n) is 3.94. The predicted molar refractivity (Wildman–Crippen MR) is 98.1 cm³/mol. The highest BCUT2D eigenvalue weighted by atomic mass is 79.9. The Morgan fingerprint density at radius 2 is 1.68 bits per heavy atom. The van der Waals surface area contributed by atoms with Crippen molar-refractivity contribution in [3.05, 3.63) is 62.5 Å². The standard InChI is InChI=1S/C17H17BrCl2N2/c18-14-4-1-3-13(11-14)12-21-7-9-22(10-8-21)16-6-2-5-15(19)17(16)20/h1-6,11H,7-10,12H2. The maximum atomic E-state index is 6.32. The summed E-state index contributed by atoms with van der Waals surface area (Å²) in [5.74, 6) is 0. The van der Waals surface area contributed by atoms with Gasteiger partial charge < -0.3 is 4.90 Å². The van der Waals surface area contributed by atoms with E-state index < -0.39 is 0 Å². The van der Waals surface area contributed by atoms with Crippen LogP contribution in [0.25, 0.3) is 0 Å². The van der Waals surface area contributed by atoms with Crippen molar-refractivity contribution in [1.29, 1.82) is 0 Å². The van der Waals surface area contributed by atoms with Gasteiger partial charge in [-0.1, -0.05) is 57.3 Å². The van der Waals surface area contributed by atoms with Gasteiger partial charge in [0.1, 0.15) is 0 Å². The Morgan fingerprint density at radius 3 is 2.41 bits per heavy atom. The van der Waals surface area contributed by atoms with E-state index in [9.17, 15) is 0 Å². The first-order chi connectivity index (χ1) is 10.6. The number of rotatable bonds is 3. The molecule has 1 saturated heterocycles. The molecule has 22 heavy (non-hydrogen) atoms. The molecule has 3 rings (SSSR count). The summed E-state index contributed by atoms with van der Waals surface area (Å²) in [5.41, 5.74) is 2.37. The summed E-state index contributed by atoms with van der Waals surface area (Å²) in [6.45, 7) is 4.96. The van der Waals surface area contributed by atoms with Crippen LogP contribution in [0.5, 0.6) is 0 Å². The quantitative estimate of drug-likeness (QED) is 0.710. The molecular weight excluding hydrogens is 383 g/mol. The summed E-state index contributed by atoms with van der Waals surface area (Å²) in [4.78, 5) is 4.78.